The van der Waals surface area contributed by atoms with Gasteiger partial charge in [0.25, 0.3) is 0 Å². The van der Waals surface area contributed by atoms with Gasteiger partial charge in [-0.05, 0) is 39.8 Å². The Bertz CT molecular complexity index is 811. The van der Waals surface area contributed by atoms with Crippen molar-refractivity contribution < 1.29 is 18.7 Å². The van der Waals surface area contributed by atoms with E-state index in [0.29, 0.717) is 30.2 Å². The van der Waals surface area contributed by atoms with Gasteiger partial charge in [0, 0.05) is 24.4 Å². The smallest absolute Gasteiger partial charge is 0.226 e. The minimum atomic E-state index is -0.310. The highest BCUT2D eigenvalue weighted by atomic mass is 16.5. The Morgan fingerprint density at radius 2 is 2.15 bits per heavy atom. The number of carbonyl (C=O) groups excluding carboxylic acids is 2. The SMILES string of the molecule is CCOc1cccc2cc([C@@H](C)NC(=O)[C@H]3CC(=O)N(C(C)C)C3)oc12. The molecule has 1 aliphatic heterocycles. The van der Waals surface area contributed by atoms with E-state index in [9.17, 15) is 9.59 Å². The van der Waals surface area contributed by atoms with E-state index < -0.39 is 0 Å². The lowest BCUT2D eigenvalue weighted by Gasteiger charge is -2.21. The minimum absolute atomic E-state index is 0.0397. The van der Waals surface area contributed by atoms with Gasteiger partial charge in [0.2, 0.25) is 11.8 Å². The molecule has 2 atom stereocenters. The number of nitrogens with one attached hydrogen (secondary N) is 1. The van der Waals surface area contributed by atoms with Crippen molar-refractivity contribution in [2.75, 3.05) is 13.2 Å². The molecule has 1 N–H and O–H groups in total. The molecule has 0 unspecified atom stereocenters. The first-order valence-corrected chi connectivity index (χ1v) is 9.15. The molecule has 3 rings (SSSR count). The number of hydrogen-bond acceptors (Lipinski definition) is 4. The van der Waals surface area contributed by atoms with Crippen molar-refractivity contribution in [2.45, 2.75) is 46.2 Å². The average Bonchev–Trinajstić information content (AvgIpc) is 3.19. The summed E-state index contributed by atoms with van der Waals surface area (Å²) in [6.07, 6.45) is 0.269. The Morgan fingerprint density at radius 1 is 1.38 bits per heavy atom. The summed E-state index contributed by atoms with van der Waals surface area (Å²) in [6.45, 7) is 8.77. The lowest BCUT2D eigenvalue weighted by Crippen LogP contribution is -2.36. The molecule has 26 heavy (non-hydrogen) atoms. The molecule has 6 nitrogen and oxygen atoms in total. The summed E-state index contributed by atoms with van der Waals surface area (Å²) in [5.41, 5.74) is 0.687. The van der Waals surface area contributed by atoms with E-state index in [1.165, 1.54) is 0 Å². The zero-order valence-corrected chi connectivity index (χ0v) is 15.7. The van der Waals surface area contributed by atoms with Crippen LogP contribution in [0, 0.1) is 5.92 Å². The van der Waals surface area contributed by atoms with Crippen LogP contribution in [0.4, 0.5) is 0 Å². The first-order chi connectivity index (χ1) is 12.4. The second-order valence-corrected chi connectivity index (χ2v) is 7.03. The van der Waals surface area contributed by atoms with Crippen LogP contribution in [-0.2, 0) is 9.59 Å². The van der Waals surface area contributed by atoms with Crippen LogP contribution in [0.15, 0.2) is 28.7 Å². The average molecular weight is 358 g/mol. The first kappa shape index (κ1) is 18.3. The highest BCUT2D eigenvalue weighted by Crippen LogP contribution is 2.31. The van der Waals surface area contributed by atoms with Crippen molar-refractivity contribution in [3.63, 3.8) is 0 Å². The number of likely N-dealkylation sites (tertiary alicyclic amines) is 1. The highest BCUT2D eigenvalue weighted by molar-refractivity contribution is 5.89. The van der Waals surface area contributed by atoms with E-state index in [0.717, 1.165) is 5.39 Å². The zero-order valence-electron chi connectivity index (χ0n) is 15.7. The van der Waals surface area contributed by atoms with Crippen LogP contribution >= 0.6 is 0 Å². The van der Waals surface area contributed by atoms with Crippen molar-refractivity contribution >= 4 is 22.8 Å². The van der Waals surface area contributed by atoms with Gasteiger partial charge in [0.1, 0.15) is 5.76 Å². The van der Waals surface area contributed by atoms with Crippen molar-refractivity contribution in [3.05, 3.63) is 30.0 Å². The number of ether oxygens (including phenoxy) is 1. The molecule has 1 fully saturated rings. The summed E-state index contributed by atoms with van der Waals surface area (Å²) >= 11 is 0. The molecule has 1 saturated heterocycles. The first-order valence-electron chi connectivity index (χ1n) is 9.15. The Hall–Kier alpha value is -2.50. The standard InChI is InChI=1S/C20H26N2O4/c1-5-25-16-8-6-7-14-9-17(26-19(14)16)13(4)21-20(24)15-10-18(23)22(11-15)12(2)3/h6-9,12-13,15H,5,10-11H2,1-4H3,(H,21,24)/t13-,15+/m1/s1. The van der Waals surface area contributed by atoms with Gasteiger partial charge in [0.15, 0.2) is 11.3 Å². The Labute approximate surface area is 153 Å². The van der Waals surface area contributed by atoms with E-state index in [2.05, 4.69) is 5.32 Å². The Kier molecular flexibility index (Phi) is 5.20. The maximum absolute atomic E-state index is 12.6. The summed E-state index contributed by atoms with van der Waals surface area (Å²) in [7, 11) is 0. The number of amides is 2. The lowest BCUT2D eigenvalue weighted by atomic mass is 10.1. The quantitative estimate of drug-likeness (QED) is 0.860. The summed E-state index contributed by atoms with van der Waals surface area (Å²) in [5, 5.41) is 3.92. The third kappa shape index (κ3) is 3.54. The van der Waals surface area contributed by atoms with Crippen LogP contribution in [0.3, 0.4) is 0 Å². The molecule has 140 valence electrons. The van der Waals surface area contributed by atoms with Gasteiger partial charge in [-0.25, -0.2) is 0 Å². The van der Waals surface area contributed by atoms with Crippen molar-refractivity contribution in [2.24, 2.45) is 5.92 Å². The van der Waals surface area contributed by atoms with E-state index in [-0.39, 0.29) is 36.2 Å². The normalized spacial score (nSPS) is 18.6. The third-order valence-corrected chi connectivity index (χ3v) is 4.77. The Balaban J connectivity index is 1.71. The fraction of sp³-hybridized carbons (Fsp3) is 0.500. The summed E-state index contributed by atoms with van der Waals surface area (Å²) < 4.78 is 11.5. The van der Waals surface area contributed by atoms with Crippen LogP contribution in [0.2, 0.25) is 0 Å². The molecule has 0 saturated carbocycles. The minimum Gasteiger partial charge on any atom is -0.490 e. The largest absolute Gasteiger partial charge is 0.490 e. The molecule has 1 aliphatic rings. The molecule has 2 aromatic rings. The fourth-order valence-corrected chi connectivity index (χ4v) is 3.35. The predicted molar refractivity (Wildman–Crippen MR) is 98.9 cm³/mol. The lowest BCUT2D eigenvalue weighted by molar-refractivity contribution is -0.130. The van der Waals surface area contributed by atoms with Gasteiger partial charge in [0.05, 0.1) is 18.6 Å². The number of carbonyl (C=O) groups is 2. The summed E-state index contributed by atoms with van der Waals surface area (Å²) in [5.74, 6) is 0.988. The van der Waals surface area contributed by atoms with Crippen LogP contribution in [0.5, 0.6) is 5.75 Å². The van der Waals surface area contributed by atoms with Crippen molar-refractivity contribution in [1.82, 2.24) is 10.2 Å². The zero-order chi connectivity index (χ0) is 18.8. The molecule has 1 aromatic carbocycles. The predicted octanol–water partition coefficient (Wildman–Crippen LogP) is 3.27. The third-order valence-electron chi connectivity index (χ3n) is 4.77. The second-order valence-electron chi connectivity index (χ2n) is 7.03. The van der Waals surface area contributed by atoms with Gasteiger partial charge >= 0.3 is 0 Å². The van der Waals surface area contributed by atoms with Crippen molar-refractivity contribution in [3.8, 4) is 5.75 Å². The summed E-state index contributed by atoms with van der Waals surface area (Å²) in [6, 6.07) is 7.49. The number of benzene rings is 1. The van der Waals surface area contributed by atoms with E-state index in [1.54, 1.807) is 4.90 Å². The number of fused-ring (bicyclic) bond motifs is 1. The molecule has 2 heterocycles. The number of nitrogens with zero attached hydrogens (tertiary/aromatic N) is 1. The van der Waals surface area contributed by atoms with Gasteiger partial charge < -0.3 is 19.4 Å². The molecule has 0 radical (unpaired) electrons. The van der Waals surface area contributed by atoms with Gasteiger partial charge in [-0.2, -0.15) is 0 Å². The van der Waals surface area contributed by atoms with E-state index in [4.69, 9.17) is 9.15 Å². The van der Waals surface area contributed by atoms with Gasteiger partial charge in [-0.3, -0.25) is 9.59 Å². The summed E-state index contributed by atoms with van der Waals surface area (Å²) in [4.78, 5) is 26.3. The molecular formula is C20H26N2O4. The van der Waals surface area contributed by atoms with Gasteiger partial charge in [-0.15, -0.1) is 0 Å². The highest BCUT2D eigenvalue weighted by Gasteiger charge is 2.36. The van der Waals surface area contributed by atoms with E-state index in [1.807, 2.05) is 52.0 Å². The molecule has 2 amide bonds. The van der Waals surface area contributed by atoms with Crippen molar-refractivity contribution in [1.29, 1.82) is 0 Å². The second kappa shape index (κ2) is 7.40. The monoisotopic (exact) mass is 358 g/mol. The number of rotatable bonds is 6. The number of furan rings is 1. The molecule has 0 bridgehead atoms. The molecule has 0 aliphatic carbocycles. The number of para-hydroxylation sites is 1. The van der Waals surface area contributed by atoms with Gasteiger partial charge in [-0.1, -0.05) is 12.1 Å². The molecule has 0 spiro atoms. The molecular weight excluding hydrogens is 332 g/mol. The van der Waals surface area contributed by atoms with Crippen LogP contribution in [-0.4, -0.2) is 35.9 Å². The molecule has 1 aromatic heterocycles. The number of hydrogen-bond donors (Lipinski definition) is 1. The Morgan fingerprint density at radius 3 is 2.81 bits per heavy atom. The van der Waals surface area contributed by atoms with Crippen LogP contribution in [0.1, 0.15) is 45.9 Å². The van der Waals surface area contributed by atoms with Crippen LogP contribution < -0.4 is 10.1 Å². The maximum Gasteiger partial charge on any atom is 0.226 e. The molecule has 6 heteroatoms. The van der Waals surface area contributed by atoms with Crippen LogP contribution in [0.25, 0.3) is 11.0 Å². The topological polar surface area (TPSA) is 71.8 Å². The maximum atomic E-state index is 12.6. The fourth-order valence-electron chi connectivity index (χ4n) is 3.35. The van der Waals surface area contributed by atoms with E-state index >= 15 is 0 Å².